The third kappa shape index (κ3) is 7.36. The Bertz CT molecular complexity index is 1090. The van der Waals surface area contributed by atoms with Crippen molar-refractivity contribution in [2.75, 3.05) is 31.3 Å². The average Bonchev–Trinajstić information content (AvgIpc) is 2.81. The predicted octanol–water partition coefficient (Wildman–Crippen LogP) is 3.45. The number of nitrogens with zero attached hydrogens (tertiary/aromatic N) is 2. The summed E-state index contributed by atoms with van der Waals surface area (Å²) in [6.45, 7) is 2.12. The molecule has 0 bridgehead atoms. The zero-order chi connectivity index (χ0) is 25.3. The van der Waals surface area contributed by atoms with E-state index >= 15 is 0 Å². The molecule has 1 atom stereocenters. The lowest BCUT2D eigenvalue weighted by Gasteiger charge is -2.31. The molecule has 0 radical (unpaired) electrons. The highest BCUT2D eigenvalue weighted by atomic mass is 35.5. The lowest BCUT2D eigenvalue weighted by Crippen LogP contribution is -2.48. The first-order chi connectivity index (χ1) is 16.1. The highest BCUT2D eigenvalue weighted by molar-refractivity contribution is 7.92. The van der Waals surface area contributed by atoms with E-state index in [2.05, 4.69) is 5.32 Å². The molecule has 2 amide bonds. The Hall–Kier alpha value is -2.78. The molecular weight excluding hydrogens is 478 g/mol. The van der Waals surface area contributed by atoms with Gasteiger partial charge in [-0.1, -0.05) is 42.8 Å². The Balaban J connectivity index is 2.21. The number of hydrogen-bond acceptors (Lipinski definition) is 5. The quantitative estimate of drug-likeness (QED) is 0.472. The van der Waals surface area contributed by atoms with Gasteiger partial charge in [0.15, 0.2) is 0 Å². The first-order valence-corrected chi connectivity index (χ1v) is 13.2. The molecule has 0 aliphatic rings. The fourth-order valence-electron chi connectivity index (χ4n) is 3.67. The second kappa shape index (κ2) is 12.6. The van der Waals surface area contributed by atoms with Crippen LogP contribution in [0, 0.1) is 0 Å². The van der Waals surface area contributed by atoms with Crippen LogP contribution in [0.4, 0.5) is 5.69 Å². The summed E-state index contributed by atoms with van der Waals surface area (Å²) in [5, 5.41) is 3.12. The van der Waals surface area contributed by atoms with E-state index < -0.39 is 16.1 Å². The van der Waals surface area contributed by atoms with Crippen molar-refractivity contribution < 1.29 is 22.7 Å². The van der Waals surface area contributed by atoms with Crippen LogP contribution in [0.15, 0.2) is 48.5 Å². The molecular formula is C24H32ClN3O5S. The van der Waals surface area contributed by atoms with E-state index in [4.69, 9.17) is 16.3 Å². The zero-order valence-electron chi connectivity index (χ0n) is 20.0. The van der Waals surface area contributed by atoms with Crippen LogP contribution in [0.25, 0.3) is 0 Å². The Labute approximate surface area is 206 Å². The Morgan fingerprint density at radius 2 is 1.85 bits per heavy atom. The van der Waals surface area contributed by atoms with Crippen LogP contribution in [0.2, 0.25) is 5.02 Å². The maximum atomic E-state index is 13.3. The number of carbonyl (C=O) groups excluding carboxylic acids is 2. The first-order valence-electron chi connectivity index (χ1n) is 11.0. The first kappa shape index (κ1) is 27.5. The summed E-state index contributed by atoms with van der Waals surface area (Å²) in [4.78, 5) is 27.3. The number of halogens is 1. The van der Waals surface area contributed by atoms with Crippen molar-refractivity contribution in [3.63, 3.8) is 0 Å². The van der Waals surface area contributed by atoms with E-state index in [0.29, 0.717) is 22.9 Å². The van der Waals surface area contributed by atoms with E-state index in [1.54, 1.807) is 36.4 Å². The maximum Gasteiger partial charge on any atom is 0.242 e. The average molecular weight is 510 g/mol. The van der Waals surface area contributed by atoms with Crippen LogP contribution in [0.3, 0.4) is 0 Å². The van der Waals surface area contributed by atoms with Crippen molar-refractivity contribution in [1.82, 2.24) is 10.2 Å². The smallest absolute Gasteiger partial charge is 0.242 e. The number of likely N-dealkylation sites (N-methyl/N-ethyl adjacent to an activating group) is 1. The number of methoxy groups -OCH3 is 1. The number of amides is 2. The van der Waals surface area contributed by atoms with Crippen LogP contribution >= 0.6 is 11.6 Å². The standard InChI is InChI=1S/C24H32ClN3O5S/c1-5-22(24(30)26-2)27(17-18-10-6-7-13-21(18)25)23(29)14-9-15-28(34(4,31)32)19-11-8-12-20(16-19)33-3/h6-8,10-13,16,22H,5,9,14-15,17H2,1-4H3,(H,26,30). The topological polar surface area (TPSA) is 96.0 Å². The molecule has 8 nitrogen and oxygen atoms in total. The number of rotatable bonds is 12. The number of sulfonamides is 1. The molecule has 10 heteroatoms. The van der Waals surface area contributed by atoms with Crippen molar-refractivity contribution in [3.05, 3.63) is 59.1 Å². The van der Waals surface area contributed by atoms with Crippen molar-refractivity contribution in [2.45, 2.75) is 38.8 Å². The van der Waals surface area contributed by atoms with Gasteiger partial charge in [0.2, 0.25) is 21.8 Å². The molecule has 0 aromatic heterocycles. The SMILES string of the molecule is CCC(C(=O)NC)N(Cc1ccccc1Cl)C(=O)CCCN(c1cccc(OC)c1)S(C)(=O)=O. The molecule has 2 aromatic carbocycles. The monoisotopic (exact) mass is 509 g/mol. The zero-order valence-corrected chi connectivity index (χ0v) is 21.5. The summed E-state index contributed by atoms with van der Waals surface area (Å²) in [5.74, 6) is 0.0102. The Morgan fingerprint density at radius 3 is 2.44 bits per heavy atom. The van der Waals surface area contributed by atoms with Gasteiger partial charge >= 0.3 is 0 Å². The van der Waals surface area contributed by atoms with E-state index in [0.717, 1.165) is 11.8 Å². The second-order valence-corrected chi connectivity index (χ2v) is 10.1. The van der Waals surface area contributed by atoms with E-state index in [1.165, 1.54) is 23.4 Å². The number of benzene rings is 2. The van der Waals surface area contributed by atoms with Crippen molar-refractivity contribution in [2.24, 2.45) is 0 Å². The van der Waals surface area contributed by atoms with Gasteiger partial charge < -0.3 is 15.0 Å². The normalized spacial score (nSPS) is 12.0. The summed E-state index contributed by atoms with van der Waals surface area (Å²) >= 11 is 6.30. The van der Waals surface area contributed by atoms with Gasteiger partial charge in [-0.2, -0.15) is 0 Å². The molecule has 34 heavy (non-hydrogen) atoms. The number of anilines is 1. The lowest BCUT2D eigenvalue weighted by atomic mass is 10.1. The molecule has 2 rings (SSSR count). The molecule has 0 spiro atoms. The van der Waals surface area contributed by atoms with Gasteiger partial charge in [-0.3, -0.25) is 13.9 Å². The molecule has 1 unspecified atom stereocenters. The van der Waals surface area contributed by atoms with Crippen LogP contribution in [-0.2, 0) is 26.2 Å². The fourth-order valence-corrected chi connectivity index (χ4v) is 4.82. The minimum absolute atomic E-state index is 0.0634. The minimum atomic E-state index is -3.58. The van der Waals surface area contributed by atoms with Gasteiger partial charge in [0, 0.05) is 37.6 Å². The largest absolute Gasteiger partial charge is 0.497 e. The summed E-state index contributed by atoms with van der Waals surface area (Å²) in [5.41, 5.74) is 1.19. The Morgan fingerprint density at radius 1 is 1.15 bits per heavy atom. The minimum Gasteiger partial charge on any atom is -0.497 e. The van der Waals surface area contributed by atoms with Gasteiger partial charge in [-0.25, -0.2) is 8.42 Å². The third-order valence-electron chi connectivity index (χ3n) is 5.42. The molecule has 1 N–H and O–H groups in total. The van der Waals surface area contributed by atoms with Gasteiger partial charge in [-0.15, -0.1) is 0 Å². The van der Waals surface area contributed by atoms with Gasteiger partial charge in [0.1, 0.15) is 11.8 Å². The van der Waals surface area contributed by atoms with Gasteiger partial charge in [0.25, 0.3) is 0 Å². The van der Waals surface area contributed by atoms with Gasteiger partial charge in [-0.05, 0) is 36.6 Å². The van der Waals surface area contributed by atoms with Crippen molar-refractivity contribution in [1.29, 1.82) is 0 Å². The molecule has 0 fully saturated rings. The van der Waals surface area contributed by atoms with E-state index in [1.807, 2.05) is 19.1 Å². The highest BCUT2D eigenvalue weighted by Gasteiger charge is 2.28. The predicted molar refractivity (Wildman–Crippen MR) is 135 cm³/mol. The van der Waals surface area contributed by atoms with Gasteiger partial charge in [0.05, 0.1) is 19.1 Å². The summed E-state index contributed by atoms with van der Waals surface area (Å²) in [6, 6.07) is 13.2. The van der Waals surface area contributed by atoms with E-state index in [9.17, 15) is 18.0 Å². The molecule has 186 valence electrons. The number of ether oxygens (including phenoxy) is 1. The summed E-state index contributed by atoms with van der Waals surface area (Å²) in [6.07, 6.45) is 1.88. The van der Waals surface area contributed by atoms with Crippen LogP contribution < -0.4 is 14.4 Å². The molecule has 0 heterocycles. The number of hydrogen-bond donors (Lipinski definition) is 1. The van der Waals surface area contributed by atoms with Crippen LogP contribution in [0.1, 0.15) is 31.7 Å². The number of carbonyl (C=O) groups is 2. The van der Waals surface area contributed by atoms with Crippen LogP contribution in [0.5, 0.6) is 5.75 Å². The van der Waals surface area contributed by atoms with Crippen LogP contribution in [-0.4, -0.2) is 58.1 Å². The van der Waals surface area contributed by atoms with Crippen molar-refractivity contribution >= 4 is 39.1 Å². The molecule has 2 aromatic rings. The molecule has 0 aliphatic carbocycles. The molecule has 0 aliphatic heterocycles. The molecule has 0 saturated heterocycles. The lowest BCUT2D eigenvalue weighted by molar-refractivity contribution is -0.141. The molecule has 0 saturated carbocycles. The van der Waals surface area contributed by atoms with Crippen molar-refractivity contribution in [3.8, 4) is 5.75 Å². The second-order valence-electron chi connectivity index (χ2n) is 7.79. The third-order valence-corrected chi connectivity index (χ3v) is 6.99. The summed E-state index contributed by atoms with van der Waals surface area (Å²) in [7, 11) is -0.547. The fraction of sp³-hybridized carbons (Fsp3) is 0.417. The maximum absolute atomic E-state index is 13.3. The summed E-state index contributed by atoms with van der Waals surface area (Å²) < 4.78 is 31.3. The number of nitrogens with one attached hydrogen (secondary N) is 1. The Kier molecular flexibility index (Phi) is 10.2. The van der Waals surface area contributed by atoms with E-state index in [-0.39, 0.29) is 37.7 Å². The highest BCUT2D eigenvalue weighted by Crippen LogP contribution is 2.24.